The summed E-state index contributed by atoms with van der Waals surface area (Å²) in [5, 5.41) is 0. The molecule has 0 amide bonds. The van der Waals surface area contributed by atoms with E-state index in [1.54, 1.807) is 0 Å². The summed E-state index contributed by atoms with van der Waals surface area (Å²) in [6.45, 7) is 12.9. The Balaban J connectivity index is 1.49. The number of fused-ring (bicyclic) bond motifs is 1. The predicted molar refractivity (Wildman–Crippen MR) is 110 cm³/mol. The molecule has 2 fully saturated rings. The third kappa shape index (κ3) is 4.53. The van der Waals surface area contributed by atoms with Crippen molar-refractivity contribution < 1.29 is 4.74 Å². The van der Waals surface area contributed by atoms with Gasteiger partial charge in [0.2, 0.25) is 0 Å². The van der Waals surface area contributed by atoms with Crippen molar-refractivity contribution in [3.05, 3.63) is 30.1 Å². The molecule has 2 saturated heterocycles. The average molecular weight is 371 g/mol. The highest BCUT2D eigenvalue weighted by atomic mass is 16.5. The van der Waals surface area contributed by atoms with Gasteiger partial charge in [-0.3, -0.25) is 9.80 Å². The van der Waals surface area contributed by atoms with E-state index < -0.39 is 0 Å². The minimum Gasteiger partial charge on any atom is -0.379 e. The Labute approximate surface area is 163 Å². The van der Waals surface area contributed by atoms with Crippen LogP contribution in [0.5, 0.6) is 0 Å². The maximum atomic E-state index is 5.54. The van der Waals surface area contributed by atoms with E-state index in [9.17, 15) is 0 Å². The second-order valence-electron chi connectivity index (χ2n) is 8.53. The van der Waals surface area contributed by atoms with Gasteiger partial charge in [-0.25, -0.2) is 4.98 Å². The molecule has 1 aromatic heterocycles. The quantitative estimate of drug-likeness (QED) is 0.781. The maximum Gasteiger partial charge on any atom is 0.124 e. The predicted octanol–water partition coefficient (Wildman–Crippen LogP) is 3.38. The molecule has 4 rings (SSSR count). The molecular weight excluding hydrogens is 336 g/mol. The van der Waals surface area contributed by atoms with Crippen molar-refractivity contribution in [2.75, 3.05) is 39.4 Å². The first-order chi connectivity index (χ1) is 13.2. The number of aromatic nitrogens is 2. The smallest absolute Gasteiger partial charge is 0.124 e. The van der Waals surface area contributed by atoms with Crippen LogP contribution in [0.2, 0.25) is 0 Å². The van der Waals surface area contributed by atoms with Crippen LogP contribution in [0.25, 0.3) is 11.0 Å². The first-order valence-corrected chi connectivity index (χ1v) is 10.7. The molecule has 27 heavy (non-hydrogen) atoms. The van der Waals surface area contributed by atoms with Crippen LogP contribution in [0.4, 0.5) is 0 Å². The molecule has 0 bridgehead atoms. The van der Waals surface area contributed by atoms with Crippen molar-refractivity contribution >= 4 is 11.0 Å². The second-order valence-corrected chi connectivity index (χ2v) is 8.53. The number of para-hydroxylation sites is 2. The third-order valence-corrected chi connectivity index (χ3v) is 6.07. The molecule has 0 radical (unpaired) electrons. The average Bonchev–Trinajstić information content (AvgIpc) is 3.04. The number of hydrogen-bond acceptors (Lipinski definition) is 4. The fourth-order valence-corrected chi connectivity index (χ4v) is 4.50. The SMILES string of the molecule is CC(C)CCn1c(CN2CCCC(N3CCOCC3)C2)nc2ccccc21. The minimum atomic E-state index is 0.677. The van der Waals surface area contributed by atoms with Crippen molar-refractivity contribution in [1.82, 2.24) is 19.4 Å². The van der Waals surface area contributed by atoms with E-state index in [1.807, 2.05) is 0 Å². The van der Waals surface area contributed by atoms with Gasteiger partial charge in [-0.1, -0.05) is 26.0 Å². The van der Waals surface area contributed by atoms with E-state index in [2.05, 4.69) is 52.5 Å². The number of nitrogens with zero attached hydrogens (tertiary/aromatic N) is 4. The van der Waals surface area contributed by atoms with Crippen LogP contribution in [-0.2, 0) is 17.8 Å². The standard InChI is InChI=1S/C22H34N4O/c1-18(2)9-11-26-21-8-4-3-7-20(21)23-22(26)17-24-10-5-6-19(16-24)25-12-14-27-15-13-25/h3-4,7-8,18-19H,5-6,9-17H2,1-2H3. The number of piperidine rings is 1. The molecule has 2 aromatic rings. The van der Waals surface area contributed by atoms with E-state index in [0.29, 0.717) is 12.0 Å². The van der Waals surface area contributed by atoms with Crippen molar-refractivity contribution in [3.8, 4) is 0 Å². The van der Waals surface area contributed by atoms with Crippen LogP contribution in [0.3, 0.4) is 0 Å². The number of imidazole rings is 1. The number of aryl methyl sites for hydroxylation is 1. The molecule has 2 aliphatic rings. The molecule has 5 heteroatoms. The Morgan fingerprint density at radius 3 is 2.78 bits per heavy atom. The number of benzene rings is 1. The zero-order valence-corrected chi connectivity index (χ0v) is 16.9. The lowest BCUT2D eigenvalue weighted by Crippen LogP contribution is -2.51. The van der Waals surface area contributed by atoms with E-state index in [1.165, 1.54) is 37.1 Å². The summed E-state index contributed by atoms with van der Waals surface area (Å²) in [7, 11) is 0. The zero-order chi connectivity index (χ0) is 18.6. The van der Waals surface area contributed by atoms with Crippen molar-refractivity contribution in [3.63, 3.8) is 0 Å². The maximum absolute atomic E-state index is 5.54. The number of ether oxygens (including phenoxy) is 1. The highest BCUT2D eigenvalue weighted by Crippen LogP contribution is 2.22. The van der Waals surface area contributed by atoms with E-state index in [4.69, 9.17) is 9.72 Å². The first kappa shape index (κ1) is 18.9. The van der Waals surface area contributed by atoms with Crippen LogP contribution >= 0.6 is 0 Å². The lowest BCUT2D eigenvalue weighted by atomic mass is 10.0. The van der Waals surface area contributed by atoms with Gasteiger partial charge >= 0.3 is 0 Å². The molecule has 0 aliphatic carbocycles. The van der Waals surface area contributed by atoms with Gasteiger partial charge < -0.3 is 9.30 Å². The van der Waals surface area contributed by atoms with E-state index in [0.717, 1.165) is 51.5 Å². The molecule has 0 N–H and O–H groups in total. The van der Waals surface area contributed by atoms with E-state index in [-0.39, 0.29) is 0 Å². The summed E-state index contributed by atoms with van der Waals surface area (Å²) < 4.78 is 8.01. The van der Waals surface area contributed by atoms with Gasteiger partial charge in [-0.2, -0.15) is 0 Å². The summed E-state index contributed by atoms with van der Waals surface area (Å²) in [5.41, 5.74) is 2.42. The van der Waals surface area contributed by atoms with Gasteiger partial charge in [0.15, 0.2) is 0 Å². The number of hydrogen-bond donors (Lipinski definition) is 0. The highest BCUT2D eigenvalue weighted by Gasteiger charge is 2.27. The molecule has 1 aromatic carbocycles. The monoisotopic (exact) mass is 370 g/mol. The van der Waals surface area contributed by atoms with Crippen LogP contribution < -0.4 is 0 Å². The first-order valence-electron chi connectivity index (χ1n) is 10.7. The van der Waals surface area contributed by atoms with Crippen LogP contribution in [-0.4, -0.2) is 64.8 Å². The fraction of sp³-hybridized carbons (Fsp3) is 0.682. The Morgan fingerprint density at radius 1 is 1.15 bits per heavy atom. The number of likely N-dealkylation sites (tertiary alicyclic amines) is 1. The molecule has 0 spiro atoms. The number of morpholine rings is 1. The Morgan fingerprint density at radius 2 is 1.96 bits per heavy atom. The van der Waals surface area contributed by atoms with Crippen LogP contribution in [0, 0.1) is 5.92 Å². The lowest BCUT2D eigenvalue weighted by Gasteiger charge is -2.40. The Bertz CT molecular complexity index is 735. The van der Waals surface area contributed by atoms with Gasteiger partial charge in [0.1, 0.15) is 5.82 Å². The summed E-state index contributed by atoms with van der Waals surface area (Å²) in [6.07, 6.45) is 3.80. The molecule has 3 heterocycles. The third-order valence-electron chi connectivity index (χ3n) is 6.07. The van der Waals surface area contributed by atoms with Crippen LogP contribution in [0.1, 0.15) is 38.9 Å². The summed E-state index contributed by atoms with van der Waals surface area (Å²) in [5.74, 6) is 1.94. The molecule has 5 nitrogen and oxygen atoms in total. The van der Waals surface area contributed by atoms with Gasteiger partial charge in [0.25, 0.3) is 0 Å². The van der Waals surface area contributed by atoms with Gasteiger partial charge in [-0.15, -0.1) is 0 Å². The van der Waals surface area contributed by atoms with Crippen molar-refractivity contribution in [2.24, 2.45) is 5.92 Å². The van der Waals surface area contributed by atoms with Crippen molar-refractivity contribution in [2.45, 2.75) is 52.2 Å². The summed E-state index contributed by atoms with van der Waals surface area (Å²) in [6, 6.07) is 9.28. The lowest BCUT2D eigenvalue weighted by molar-refractivity contribution is -0.00397. The van der Waals surface area contributed by atoms with Gasteiger partial charge in [0, 0.05) is 32.2 Å². The zero-order valence-electron chi connectivity index (χ0n) is 16.9. The normalized spacial score (nSPS) is 22.7. The Hall–Kier alpha value is -1.43. The van der Waals surface area contributed by atoms with Crippen LogP contribution in [0.15, 0.2) is 24.3 Å². The second kappa shape index (κ2) is 8.72. The molecular formula is C22H34N4O. The molecule has 2 aliphatic heterocycles. The number of rotatable bonds is 6. The fourth-order valence-electron chi connectivity index (χ4n) is 4.50. The largest absolute Gasteiger partial charge is 0.379 e. The summed E-state index contributed by atoms with van der Waals surface area (Å²) in [4.78, 5) is 10.3. The summed E-state index contributed by atoms with van der Waals surface area (Å²) >= 11 is 0. The molecule has 1 atom stereocenters. The van der Waals surface area contributed by atoms with Gasteiger partial charge in [0.05, 0.1) is 30.8 Å². The topological polar surface area (TPSA) is 33.5 Å². The minimum absolute atomic E-state index is 0.677. The van der Waals surface area contributed by atoms with Gasteiger partial charge in [-0.05, 0) is 43.9 Å². The highest BCUT2D eigenvalue weighted by molar-refractivity contribution is 5.75. The Kier molecular flexibility index (Phi) is 6.11. The molecule has 148 valence electrons. The molecule has 0 saturated carbocycles. The van der Waals surface area contributed by atoms with Crippen molar-refractivity contribution in [1.29, 1.82) is 0 Å². The van der Waals surface area contributed by atoms with E-state index >= 15 is 0 Å². The molecule has 1 unspecified atom stereocenters.